The molecule has 0 bridgehead atoms. The molecule has 5 heteroatoms. The number of rotatable bonds is 2. The minimum Gasteiger partial charge on any atom is -0.382 e. The van der Waals surface area contributed by atoms with Gasteiger partial charge in [0, 0.05) is 19.1 Å². The molecule has 2 heterocycles. The van der Waals surface area contributed by atoms with E-state index in [0.29, 0.717) is 11.9 Å². The van der Waals surface area contributed by atoms with Crippen molar-refractivity contribution >= 4 is 11.6 Å². The van der Waals surface area contributed by atoms with Crippen LogP contribution in [0.15, 0.2) is 12.1 Å². The molecule has 0 spiro atoms. The van der Waals surface area contributed by atoms with Crippen LogP contribution in [0.1, 0.15) is 19.8 Å². The number of hydrogen-bond donors (Lipinski definition) is 1. The van der Waals surface area contributed by atoms with Crippen LogP contribution in [-0.4, -0.2) is 47.8 Å². The molecule has 0 saturated carbocycles. The van der Waals surface area contributed by atoms with E-state index in [1.54, 1.807) is 0 Å². The number of nitrogen functional groups attached to an aromatic ring is 1. The maximum Gasteiger partial charge on any atom is 0.151 e. The second kappa shape index (κ2) is 5.31. The summed E-state index contributed by atoms with van der Waals surface area (Å²) >= 11 is 0. The molecule has 2 N–H and O–H groups in total. The summed E-state index contributed by atoms with van der Waals surface area (Å²) in [5.74, 6) is 1.43. The fourth-order valence-corrected chi connectivity index (χ4v) is 2.38. The third kappa shape index (κ3) is 2.85. The van der Waals surface area contributed by atoms with Gasteiger partial charge in [0.05, 0.1) is 0 Å². The van der Waals surface area contributed by atoms with Crippen LogP contribution in [0.4, 0.5) is 11.6 Å². The van der Waals surface area contributed by atoms with Crippen molar-refractivity contribution in [2.24, 2.45) is 0 Å². The van der Waals surface area contributed by atoms with E-state index in [9.17, 15) is 0 Å². The van der Waals surface area contributed by atoms with Crippen molar-refractivity contribution in [1.82, 2.24) is 15.1 Å². The number of nitrogens with two attached hydrogens (primary N) is 1. The highest BCUT2D eigenvalue weighted by molar-refractivity contribution is 5.42. The molecule has 1 aliphatic rings. The van der Waals surface area contributed by atoms with Crippen molar-refractivity contribution in [2.45, 2.75) is 25.8 Å². The van der Waals surface area contributed by atoms with Gasteiger partial charge < -0.3 is 15.5 Å². The number of nitrogens with zero attached hydrogens (tertiary/aromatic N) is 4. The zero-order chi connectivity index (χ0) is 12.3. The molecule has 5 nitrogen and oxygen atoms in total. The van der Waals surface area contributed by atoms with E-state index < -0.39 is 0 Å². The van der Waals surface area contributed by atoms with Gasteiger partial charge >= 0.3 is 0 Å². The van der Waals surface area contributed by atoms with Gasteiger partial charge in [0.1, 0.15) is 5.82 Å². The van der Waals surface area contributed by atoms with Gasteiger partial charge in [0.2, 0.25) is 0 Å². The van der Waals surface area contributed by atoms with Gasteiger partial charge in [-0.15, -0.1) is 10.2 Å². The molecule has 17 heavy (non-hydrogen) atoms. The predicted molar refractivity (Wildman–Crippen MR) is 70.0 cm³/mol. The first-order valence-electron chi connectivity index (χ1n) is 6.25. The summed E-state index contributed by atoms with van der Waals surface area (Å²) in [6, 6.07) is 4.31. The fourth-order valence-electron chi connectivity index (χ4n) is 2.38. The Kier molecular flexibility index (Phi) is 3.78. The van der Waals surface area contributed by atoms with Crippen LogP contribution in [0.25, 0.3) is 0 Å². The summed E-state index contributed by atoms with van der Waals surface area (Å²) in [4.78, 5) is 4.74. The molecule has 1 unspecified atom stereocenters. The van der Waals surface area contributed by atoms with E-state index in [-0.39, 0.29) is 0 Å². The lowest BCUT2D eigenvalue weighted by atomic mass is 10.2. The molecule has 1 aliphatic heterocycles. The molecule has 1 aromatic rings. The van der Waals surface area contributed by atoms with Crippen molar-refractivity contribution < 1.29 is 0 Å². The molecule has 2 rings (SSSR count). The summed E-state index contributed by atoms with van der Waals surface area (Å²) in [6.07, 6.45) is 2.29. The quantitative estimate of drug-likeness (QED) is 0.828. The second-order valence-corrected chi connectivity index (χ2v) is 4.69. The summed E-state index contributed by atoms with van der Waals surface area (Å²) in [5.41, 5.74) is 5.58. The number of aromatic nitrogens is 2. The summed E-state index contributed by atoms with van der Waals surface area (Å²) < 4.78 is 0. The van der Waals surface area contributed by atoms with Crippen LogP contribution in [-0.2, 0) is 0 Å². The zero-order valence-corrected chi connectivity index (χ0v) is 10.6. The minimum atomic E-state index is 0.480. The van der Waals surface area contributed by atoms with E-state index in [0.717, 1.165) is 31.9 Å². The number of hydrogen-bond acceptors (Lipinski definition) is 5. The molecule has 1 atom stereocenters. The highest BCUT2D eigenvalue weighted by Crippen LogP contribution is 2.19. The molecule has 0 amide bonds. The topological polar surface area (TPSA) is 58.3 Å². The van der Waals surface area contributed by atoms with Crippen LogP contribution >= 0.6 is 0 Å². The summed E-state index contributed by atoms with van der Waals surface area (Å²) in [6.45, 7) is 5.50. The number of likely N-dealkylation sites (N-methyl/N-ethyl adjacent to an activating group) is 1. The van der Waals surface area contributed by atoms with Gasteiger partial charge in [-0.1, -0.05) is 6.92 Å². The Hall–Kier alpha value is -1.36. The lowest BCUT2D eigenvalue weighted by molar-refractivity contribution is 0.327. The molecular formula is C12H21N5. The number of anilines is 2. The average Bonchev–Trinajstić information content (AvgIpc) is 2.52. The standard InChI is InChI=1S/C12H21N5/c1-3-10-9-16(2)7-4-8-17(10)12-6-5-11(13)14-15-12/h5-6,10H,3-4,7-9H2,1-2H3,(H2,13,14). The Labute approximate surface area is 103 Å². The van der Waals surface area contributed by atoms with Crippen molar-refractivity contribution in [3.05, 3.63) is 12.1 Å². The van der Waals surface area contributed by atoms with Gasteiger partial charge in [-0.05, 0) is 38.6 Å². The van der Waals surface area contributed by atoms with E-state index >= 15 is 0 Å². The second-order valence-electron chi connectivity index (χ2n) is 4.69. The molecule has 0 aliphatic carbocycles. The molecule has 0 aromatic carbocycles. The largest absolute Gasteiger partial charge is 0.382 e. The molecule has 0 radical (unpaired) electrons. The minimum absolute atomic E-state index is 0.480. The molecule has 1 aromatic heterocycles. The summed E-state index contributed by atoms with van der Waals surface area (Å²) in [7, 11) is 2.18. The SMILES string of the molecule is CCC1CN(C)CCCN1c1ccc(N)nn1. The molecular weight excluding hydrogens is 214 g/mol. The van der Waals surface area contributed by atoms with Gasteiger partial charge in [-0.25, -0.2) is 0 Å². The van der Waals surface area contributed by atoms with E-state index in [1.165, 1.54) is 6.42 Å². The first kappa shape index (κ1) is 12.1. The third-order valence-corrected chi connectivity index (χ3v) is 3.34. The van der Waals surface area contributed by atoms with Crippen LogP contribution in [0, 0.1) is 0 Å². The monoisotopic (exact) mass is 235 g/mol. The van der Waals surface area contributed by atoms with Crippen molar-refractivity contribution in [3.8, 4) is 0 Å². The molecule has 94 valence electrons. The Morgan fingerprint density at radius 1 is 1.35 bits per heavy atom. The molecule has 1 fully saturated rings. The Bertz CT molecular complexity index is 350. The third-order valence-electron chi connectivity index (χ3n) is 3.34. The van der Waals surface area contributed by atoms with Gasteiger partial charge in [0.15, 0.2) is 5.82 Å². The van der Waals surface area contributed by atoms with Gasteiger partial charge in [0.25, 0.3) is 0 Å². The lowest BCUT2D eigenvalue weighted by Crippen LogP contribution is -2.40. The lowest BCUT2D eigenvalue weighted by Gasteiger charge is -2.30. The van der Waals surface area contributed by atoms with Crippen LogP contribution in [0.3, 0.4) is 0 Å². The Morgan fingerprint density at radius 2 is 2.18 bits per heavy atom. The predicted octanol–water partition coefficient (Wildman–Crippen LogP) is 0.979. The molecule has 1 saturated heterocycles. The maximum atomic E-state index is 5.58. The van der Waals surface area contributed by atoms with Crippen molar-refractivity contribution in [3.63, 3.8) is 0 Å². The fraction of sp³-hybridized carbons (Fsp3) is 0.667. The van der Waals surface area contributed by atoms with Crippen LogP contribution < -0.4 is 10.6 Å². The maximum absolute atomic E-state index is 5.58. The van der Waals surface area contributed by atoms with Crippen molar-refractivity contribution in [2.75, 3.05) is 37.3 Å². The van der Waals surface area contributed by atoms with E-state index in [4.69, 9.17) is 5.73 Å². The highest BCUT2D eigenvalue weighted by Gasteiger charge is 2.23. The zero-order valence-electron chi connectivity index (χ0n) is 10.6. The first-order valence-corrected chi connectivity index (χ1v) is 6.25. The normalized spacial score (nSPS) is 22.5. The Balaban J connectivity index is 2.19. The van der Waals surface area contributed by atoms with Gasteiger partial charge in [-0.3, -0.25) is 0 Å². The van der Waals surface area contributed by atoms with E-state index in [1.807, 2.05) is 12.1 Å². The van der Waals surface area contributed by atoms with Gasteiger partial charge in [-0.2, -0.15) is 0 Å². The smallest absolute Gasteiger partial charge is 0.151 e. The van der Waals surface area contributed by atoms with Crippen LogP contribution in [0.2, 0.25) is 0 Å². The summed E-state index contributed by atoms with van der Waals surface area (Å²) in [5, 5.41) is 8.14. The van der Waals surface area contributed by atoms with E-state index in [2.05, 4.69) is 34.0 Å². The van der Waals surface area contributed by atoms with Crippen molar-refractivity contribution in [1.29, 1.82) is 0 Å². The Morgan fingerprint density at radius 3 is 2.82 bits per heavy atom. The highest BCUT2D eigenvalue weighted by atomic mass is 15.3. The average molecular weight is 235 g/mol. The van der Waals surface area contributed by atoms with Crippen LogP contribution in [0.5, 0.6) is 0 Å². The first-order chi connectivity index (χ1) is 8.20.